The highest BCUT2D eigenvalue weighted by Crippen LogP contribution is 2.40. The first-order valence-corrected chi connectivity index (χ1v) is 15.4. The molecule has 0 fully saturated rings. The Labute approximate surface area is 251 Å². The van der Waals surface area contributed by atoms with Crippen LogP contribution in [-0.2, 0) is 4.79 Å². The Morgan fingerprint density at radius 1 is 0.881 bits per heavy atom. The Bertz CT molecular complexity index is 1490. The number of aliphatic hydroxyl groups excluding tert-OH is 1. The molecular formula is C34H37N3O4S. The Hall–Kier alpha value is -4.04. The Morgan fingerprint density at radius 2 is 1.55 bits per heavy atom. The third-order valence-electron chi connectivity index (χ3n) is 7.43. The minimum absolute atomic E-state index is 0.124. The molecule has 7 nitrogen and oxygen atoms in total. The van der Waals surface area contributed by atoms with Crippen LogP contribution < -0.4 is 0 Å². The van der Waals surface area contributed by atoms with Gasteiger partial charge in [0.05, 0.1) is 22.9 Å². The highest BCUT2D eigenvalue weighted by atomic mass is 32.2. The molecule has 0 radical (unpaired) electrons. The number of hydrogen-bond acceptors (Lipinski definition) is 7. The van der Waals surface area contributed by atoms with Crippen LogP contribution in [0.2, 0.25) is 0 Å². The molecule has 4 rings (SSSR count). The molecule has 8 heteroatoms. The van der Waals surface area contributed by atoms with Gasteiger partial charge in [0.25, 0.3) is 11.8 Å². The van der Waals surface area contributed by atoms with Crippen LogP contribution in [0.4, 0.5) is 5.69 Å². The molecule has 218 valence electrons. The van der Waals surface area contributed by atoms with Gasteiger partial charge in [-0.3, -0.25) is 19.3 Å². The number of rotatable bonds is 12. The van der Waals surface area contributed by atoms with Crippen LogP contribution in [0.25, 0.3) is 0 Å². The van der Waals surface area contributed by atoms with Gasteiger partial charge in [0, 0.05) is 0 Å². The lowest BCUT2D eigenvalue weighted by atomic mass is 9.91. The van der Waals surface area contributed by atoms with Crippen LogP contribution in [0.1, 0.15) is 103 Å². The van der Waals surface area contributed by atoms with E-state index >= 15 is 0 Å². The predicted molar refractivity (Wildman–Crippen MR) is 167 cm³/mol. The molecule has 3 aromatic carbocycles. The molecule has 2 atom stereocenters. The maximum Gasteiger partial charge on any atom is 0.264 e. The summed E-state index contributed by atoms with van der Waals surface area (Å²) in [4.78, 5) is 41.5. The van der Waals surface area contributed by atoms with E-state index < -0.39 is 23.0 Å². The van der Waals surface area contributed by atoms with E-state index in [1.807, 2.05) is 49.4 Å². The van der Waals surface area contributed by atoms with Gasteiger partial charge >= 0.3 is 0 Å². The van der Waals surface area contributed by atoms with Gasteiger partial charge in [-0.15, -0.1) is 10.2 Å². The molecule has 0 aromatic heterocycles. The zero-order valence-electron chi connectivity index (χ0n) is 24.5. The van der Waals surface area contributed by atoms with Gasteiger partial charge in [0.2, 0.25) is 5.12 Å². The number of thioether (sulfide) groups is 1. The summed E-state index contributed by atoms with van der Waals surface area (Å²) in [7, 11) is 0. The summed E-state index contributed by atoms with van der Waals surface area (Å²) in [5.41, 5.74) is 3.17. The van der Waals surface area contributed by atoms with Crippen LogP contribution in [0.15, 0.2) is 94.5 Å². The molecule has 1 aliphatic rings. The quantitative estimate of drug-likeness (QED) is 0.0754. The van der Waals surface area contributed by atoms with E-state index in [4.69, 9.17) is 0 Å². The molecule has 0 spiro atoms. The van der Waals surface area contributed by atoms with Gasteiger partial charge < -0.3 is 5.11 Å². The number of carbonyl (C=O) groups is 3. The first kappa shape index (κ1) is 30.9. The van der Waals surface area contributed by atoms with Crippen molar-refractivity contribution in [3.05, 3.63) is 112 Å². The molecule has 2 unspecified atom stereocenters. The number of unbranched alkanes of at least 4 members (excludes halogenated alkanes) is 2. The number of allylic oxidation sites excluding steroid dienone is 1. The summed E-state index contributed by atoms with van der Waals surface area (Å²) in [6.45, 7) is 7.60. The van der Waals surface area contributed by atoms with Crippen LogP contribution in [0, 0.1) is 0 Å². The number of nitrogens with zero attached hydrogens (tertiary/aromatic N) is 3. The maximum atomic E-state index is 14.0. The van der Waals surface area contributed by atoms with Crippen molar-refractivity contribution in [1.82, 2.24) is 4.90 Å². The number of azo groups is 1. The molecule has 1 N–H and O–H groups in total. The first-order valence-electron chi connectivity index (χ1n) is 14.4. The Kier molecular flexibility index (Phi) is 10.5. The predicted octanol–water partition coefficient (Wildman–Crippen LogP) is 8.91. The van der Waals surface area contributed by atoms with Crippen molar-refractivity contribution in [3.63, 3.8) is 0 Å². The standard InChI is InChI=1S/C34H37N3O4S/c1-5-7-9-13-22(3)24-18-20-26(21-19-24)31(25-14-10-8-11-15-25)37-32(39)27-16-12-17-28(29(27)33(37)40)35-36-30(23(4)38)34(41)42-6-2/h8,10-12,14-22,31,38H,5-7,9,13H2,1-4H3. The number of amides is 2. The smallest absolute Gasteiger partial charge is 0.264 e. The maximum absolute atomic E-state index is 14.0. The van der Waals surface area contributed by atoms with E-state index in [-0.39, 0.29) is 28.3 Å². The summed E-state index contributed by atoms with van der Waals surface area (Å²) in [5.74, 6) is -0.265. The Morgan fingerprint density at radius 3 is 2.19 bits per heavy atom. The minimum Gasteiger partial charge on any atom is -0.510 e. The second kappa shape index (κ2) is 14.2. The van der Waals surface area contributed by atoms with E-state index in [2.05, 4.69) is 36.2 Å². The second-order valence-corrected chi connectivity index (χ2v) is 11.6. The van der Waals surface area contributed by atoms with Gasteiger partial charge in [-0.25, -0.2) is 0 Å². The molecule has 2 amide bonds. The summed E-state index contributed by atoms with van der Waals surface area (Å²) >= 11 is 0.996. The van der Waals surface area contributed by atoms with Gasteiger partial charge in [-0.2, -0.15) is 0 Å². The van der Waals surface area contributed by atoms with E-state index in [0.717, 1.165) is 29.3 Å². The van der Waals surface area contributed by atoms with Crippen molar-refractivity contribution in [2.75, 3.05) is 5.75 Å². The van der Waals surface area contributed by atoms with E-state index in [9.17, 15) is 19.5 Å². The van der Waals surface area contributed by atoms with Crippen molar-refractivity contribution in [2.45, 2.75) is 65.3 Å². The fourth-order valence-corrected chi connectivity index (χ4v) is 5.76. The number of fused-ring (bicyclic) bond motifs is 1. The lowest BCUT2D eigenvalue weighted by Crippen LogP contribution is -2.34. The lowest BCUT2D eigenvalue weighted by Gasteiger charge is -2.27. The van der Waals surface area contributed by atoms with Crippen LogP contribution in [0.3, 0.4) is 0 Å². The van der Waals surface area contributed by atoms with Gasteiger partial charge in [0.1, 0.15) is 5.76 Å². The molecule has 42 heavy (non-hydrogen) atoms. The van der Waals surface area contributed by atoms with Crippen LogP contribution in [0.5, 0.6) is 0 Å². The summed E-state index contributed by atoms with van der Waals surface area (Å²) in [6.07, 6.45) is 4.69. The fourth-order valence-electron chi connectivity index (χ4n) is 5.17. The lowest BCUT2D eigenvalue weighted by molar-refractivity contribution is -0.108. The van der Waals surface area contributed by atoms with Gasteiger partial charge in [-0.1, -0.05) is 112 Å². The number of benzene rings is 3. The monoisotopic (exact) mass is 583 g/mol. The molecule has 0 bridgehead atoms. The normalized spacial score (nSPS) is 15.1. The summed E-state index contributed by atoms with van der Waals surface area (Å²) < 4.78 is 0. The molecule has 1 heterocycles. The van der Waals surface area contributed by atoms with Crippen molar-refractivity contribution >= 4 is 34.4 Å². The van der Waals surface area contributed by atoms with Crippen molar-refractivity contribution in [1.29, 1.82) is 0 Å². The zero-order chi connectivity index (χ0) is 30.2. The third-order valence-corrected chi connectivity index (χ3v) is 8.17. The number of hydrogen-bond donors (Lipinski definition) is 1. The number of imide groups is 1. The molecule has 0 saturated carbocycles. The van der Waals surface area contributed by atoms with E-state index in [1.54, 1.807) is 18.2 Å². The summed E-state index contributed by atoms with van der Waals surface area (Å²) in [5, 5.41) is 17.7. The van der Waals surface area contributed by atoms with Crippen molar-refractivity contribution in [2.24, 2.45) is 10.2 Å². The van der Waals surface area contributed by atoms with Crippen LogP contribution in [-0.4, -0.2) is 32.7 Å². The van der Waals surface area contributed by atoms with E-state index in [0.29, 0.717) is 11.7 Å². The second-order valence-electron chi connectivity index (χ2n) is 10.4. The van der Waals surface area contributed by atoms with E-state index in [1.165, 1.54) is 36.6 Å². The molecule has 0 saturated heterocycles. The minimum atomic E-state index is -0.648. The fraction of sp³-hybridized carbons (Fsp3) is 0.324. The third kappa shape index (κ3) is 6.71. The zero-order valence-corrected chi connectivity index (χ0v) is 25.4. The molecule has 0 aliphatic carbocycles. The Balaban J connectivity index is 1.71. The van der Waals surface area contributed by atoms with Gasteiger partial charge in [0.15, 0.2) is 5.70 Å². The molecular weight excluding hydrogens is 546 g/mol. The number of carbonyl (C=O) groups excluding carboxylic acids is 3. The summed E-state index contributed by atoms with van der Waals surface area (Å²) in [6, 6.07) is 21.9. The largest absolute Gasteiger partial charge is 0.510 e. The van der Waals surface area contributed by atoms with Crippen molar-refractivity contribution in [3.8, 4) is 0 Å². The first-order chi connectivity index (χ1) is 20.3. The SMILES string of the molecule is CCCCCC(C)c1ccc(C(c2ccccc2)N2C(=O)c3cccc(N=NC(C(=O)SCC)=C(C)O)c3C2=O)cc1. The van der Waals surface area contributed by atoms with Crippen molar-refractivity contribution < 1.29 is 19.5 Å². The highest BCUT2D eigenvalue weighted by Gasteiger charge is 2.43. The van der Waals surface area contributed by atoms with Gasteiger partial charge in [-0.05, 0) is 53.8 Å². The molecule has 3 aromatic rings. The average Bonchev–Trinajstić information content (AvgIpc) is 3.24. The topological polar surface area (TPSA) is 99.4 Å². The van der Waals surface area contributed by atoms with Crippen LogP contribution >= 0.6 is 11.8 Å². The molecule has 1 aliphatic heterocycles. The number of aliphatic hydroxyl groups is 1. The highest BCUT2D eigenvalue weighted by molar-refractivity contribution is 8.14. The average molecular weight is 584 g/mol.